The van der Waals surface area contributed by atoms with Crippen LogP contribution in [0, 0.1) is 11.8 Å². The monoisotopic (exact) mass is 288 g/mol. The van der Waals surface area contributed by atoms with Gasteiger partial charge in [-0.2, -0.15) is 0 Å². The van der Waals surface area contributed by atoms with Crippen molar-refractivity contribution in [2.24, 2.45) is 11.8 Å². The van der Waals surface area contributed by atoms with E-state index < -0.39 is 0 Å². The van der Waals surface area contributed by atoms with E-state index in [1.54, 1.807) is 11.3 Å². The zero-order valence-corrected chi connectivity index (χ0v) is 12.1. The van der Waals surface area contributed by atoms with Gasteiger partial charge in [-0.25, -0.2) is 9.97 Å². The summed E-state index contributed by atoms with van der Waals surface area (Å²) in [6.45, 7) is 3.64. The Labute approximate surface area is 120 Å². The predicted molar refractivity (Wildman–Crippen MR) is 78.2 cm³/mol. The number of fused-ring (bicyclic) bond motifs is 3. The highest BCUT2D eigenvalue weighted by Gasteiger charge is 2.42. The van der Waals surface area contributed by atoms with Crippen molar-refractivity contribution in [1.82, 2.24) is 14.9 Å². The van der Waals surface area contributed by atoms with Crippen LogP contribution < -0.4 is 5.73 Å². The lowest BCUT2D eigenvalue weighted by Gasteiger charge is -2.27. The highest BCUT2D eigenvalue weighted by molar-refractivity contribution is 7.19. The lowest BCUT2D eigenvalue weighted by atomic mass is 10.0. The Morgan fingerprint density at radius 2 is 2.30 bits per heavy atom. The van der Waals surface area contributed by atoms with Crippen LogP contribution >= 0.6 is 11.3 Å². The molecule has 104 valence electrons. The molecule has 6 heteroatoms. The molecule has 20 heavy (non-hydrogen) atoms. The minimum Gasteiger partial charge on any atom is -0.383 e. The van der Waals surface area contributed by atoms with E-state index in [2.05, 4.69) is 16.9 Å². The average Bonchev–Trinajstić information content (AvgIpc) is 3.04. The molecular weight excluding hydrogens is 272 g/mol. The largest absolute Gasteiger partial charge is 0.383 e. The molecule has 0 spiro atoms. The van der Waals surface area contributed by atoms with Gasteiger partial charge in [-0.1, -0.05) is 6.92 Å². The van der Waals surface area contributed by atoms with E-state index >= 15 is 0 Å². The van der Waals surface area contributed by atoms with Crippen LogP contribution in [0.2, 0.25) is 0 Å². The number of nitrogens with zero attached hydrogens (tertiary/aromatic N) is 3. The number of aromatic nitrogens is 2. The van der Waals surface area contributed by atoms with Crippen LogP contribution in [0.1, 0.15) is 23.8 Å². The Kier molecular flexibility index (Phi) is 2.51. The highest BCUT2D eigenvalue weighted by Crippen LogP contribution is 2.41. The molecular formula is C14H16N4OS. The van der Waals surface area contributed by atoms with Crippen LogP contribution in [-0.2, 0) is 17.8 Å². The summed E-state index contributed by atoms with van der Waals surface area (Å²) in [5.41, 5.74) is 7.22. The molecule has 1 amide bonds. The number of amides is 1. The van der Waals surface area contributed by atoms with Crippen LogP contribution in [0.4, 0.5) is 5.82 Å². The molecule has 1 aliphatic heterocycles. The van der Waals surface area contributed by atoms with E-state index in [1.165, 1.54) is 16.8 Å². The van der Waals surface area contributed by atoms with Crippen molar-refractivity contribution in [3.8, 4) is 0 Å². The van der Waals surface area contributed by atoms with Gasteiger partial charge in [0.05, 0.1) is 11.9 Å². The first-order valence-corrected chi connectivity index (χ1v) is 7.76. The molecule has 2 atom stereocenters. The summed E-state index contributed by atoms with van der Waals surface area (Å²) >= 11 is 1.64. The van der Waals surface area contributed by atoms with Crippen molar-refractivity contribution < 1.29 is 4.79 Å². The Morgan fingerprint density at radius 3 is 3.05 bits per heavy atom. The van der Waals surface area contributed by atoms with Gasteiger partial charge >= 0.3 is 0 Å². The summed E-state index contributed by atoms with van der Waals surface area (Å²) in [5.74, 6) is 1.70. The van der Waals surface area contributed by atoms with Crippen molar-refractivity contribution in [1.29, 1.82) is 0 Å². The second-order valence-corrected chi connectivity index (χ2v) is 6.86. The van der Waals surface area contributed by atoms with Crippen LogP contribution in [0.15, 0.2) is 6.33 Å². The number of nitrogens with two attached hydrogens (primary N) is 1. The molecule has 2 aromatic heterocycles. The fourth-order valence-corrected chi connectivity index (χ4v) is 4.25. The Morgan fingerprint density at radius 1 is 1.50 bits per heavy atom. The minimum absolute atomic E-state index is 0.260. The summed E-state index contributed by atoms with van der Waals surface area (Å²) in [6.07, 6.45) is 3.42. The molecule has 5 nitrogen and oxygen atoms in total. The minimum atomic E-state index is 0.260. The van der Waals surface area contributed by atoms with Gasteiger partial charge < -0.3 is 10.6 Å². The number of hydrogen-bond donors (Lipinski definition) is 1. The fourth-order valence-electron chi connectivity index (χ4n) is 3.04. The second kappa shape index (κ2) is 4.15. The van der Waals surface area contributed by atoms with E-state index in [1.807, 2.05) is 4.90 Å². The molecule has 0 aromatic carbocycles. The van der Waals surface area contributed by atoms with Gasteiger partial charge in [0, 0.05) is 17.3 Å². The lowest BCUT2D eigenvalue weighted by molar-refractivity contribution is -0.133. The van der Waals surface area contributed by atoms with Gasteiger partial charge in [-0.3, -0.25) is 4.79 Å². The normalized spacial score (nSPS) is 24.8. The van der Waals surface area contributed by atoms with Gasteiger partial charge in [0.25, 0.3) is 0 Å². The molecule has 0 saturated heterocycles. The highest BCUT2D eigenvalue weighted by atomic mass is 32.1. The maximum atomic E-state index is 12.3. The molecule has 0 bridgehead atoms. The summed E-state index contributed by atoms with van der Waals surface area (Å²) < 4.78 is 0. The number of anilines is 1. The topological polar surface area (TPSA) is 72.1 Å². The zero-order chi connectivity index (χ0) is 13.9. The van der Waals surface area contributed by atoms with E-state index in [0.29, 0.717) is 24.2 Å². The van der Waals surface area contributed by atoms with Gasteiger partial charge in [0.1, 0.15) is 17.0 Å². The van der Waals surface area contributed by atoms with Crippen LogP contribution in [0.25, 0.3) is 10.2 Å². The molecule has 1 fully saturated rings. The van der Waals surface area contributed by atoms with Gasteiger partial charge in [0.2, 0.25) is 5.91 Å². The predicted octanol–water partition coefficient (Wildman–Crippen LogP) is 1.81. The van der Waals surface area contributed by atoms with Gasteiger partial charge in [-0.15, -0.1) is 11.3 Å². The van der Waals surface area contributed by atoms with Crippen molar-refractivity contribution in [3.05, 3.63) is 16.8 Å². The number of hydrogen-bond acceptors (Lipinski definition) is 5. The van der Waals surface area contributed by atoms with E-state index in [0.717, 1.165) is 29.6 Å². The fraction of sp³-hybridized carbons (Fsp3) is 0.500. The maximum absolute atomic E-state index is 12.3. The third-order valence-corrected chi connectivity index (χ3v) is 5.53. The van der Waals surface area contributed by atoms with Crippen molar-refractivity contribution >= 4 is 33.3 Å². The molecule has 2 N–H and O–H groups in total. The number of carbonyl (C=O) groups is 1. The van der Waals surface area contributed by atoms with E-state index in [-0.39, 0.29) is 5.92 Å². The zero-order valence-electron chi connectivity index (χ0n) is 11.3. The molecule has 4 rings (SSSR count). The maximum Gasteiger partial charge on any atom is 0.226 e. The Hall–Kier alpha value is -1.69. The summed E-state index contributed by atoms with van der Waals surface area (Å²) in [7, 11) is 0. The summed E-state index contributed by atoms with van der Waals surface area (Å²) in [6, 6.07) is 0. The molecule has 2 aromatic rings. The molecule has 1 aliphatic carbocycles. The van der Waals surface area contributed by atoms with Crippen molar-refractivity contribution in [3.63, 3.8) is 0 Å². The quantitative estimate of drug-likeness (QED) is 0.868. The standard InChI is InChI=1S/C14H16N4OS/c1-7-4-9(7)14(19)18-3-2-8-10(5-18)20-13-11(8)12(15)16-6-17-13/h6-7,9H,2-5H2,1H3,(H2,15,16,17)/t7-,9-/m1/s1. The molecule has 3 heterocycles. The summed E-state index contributed by atoms with van der Waals surface area (Å²) in [4.78, 5) is 24.9. The van der Waals surface area contributed by atoms with Gasteiger partial charge in [-0.05, 0) is 24.3 Å². The number of thiophene rings is 1. The lowest BCUT2D eigenvalue weighted by Crippen LogP contribution is -2.36. The van der Waals surface area contributed by atoms with Crippen molar-refractivity contribution in [2.75, 3.05) is 12.3 Å². The SMILES string of the molecule is C[C@@H]1C[C@H]1C(=O)N1CCc2c(sc3ncnc(N)c23)C1. The molecule has 0 unspecified atom stereocenters. The second-order valence-electron chi connectivity index (χ2n) is 5.77. The first-order valence-electron chi connectivity index (χ1n) is 6.94. The number of carbonyl (C=O) groups excluding carboxylic acids is 1. The van der Waals surface area contributed by atoms with Crippen LogP contribution in [-0.4, -0.2) is 27.3 Å². The van der Waals surface area contributed by atoms with Crippen LogP contribution in [0.3, 0.4) is 0 Å². The first-order chi connectivity index (χ1) is 9.65. The Balaban J connectivity index is 1.68. The smallest absolute Gasteiger partial charge is 0.226 e. The average molecular weight is 288 g/mol. The molecule has 1 saturated carbocycles. The number of rotatable bonds is 1. The first kappa shape index (κ1) is 12.1. The van der Waals surface area contributed by atoms with Crippen LogP contribution in [0.5, 0.6) is 0 Å². The van der Waals surface area contributed by atoms with Crippen molar-refractivity contribution in [2.45, 2.75) is 26.3 Å². The number of nitrogen functional groups attached to an aromatic ring is 1. The molecule has 0 radical (unpaired) electrons. The Bertz CT molecular complexity index is 711. The van der Waals surface area contributed by atoms with Gasteiger partial charge in [0.15, 0.2) is 0 Å². The molecule has 2 aliphatic rings. The third-order valence-electron chi connectivity index (χ3n) is 4.40. The van der Waals surface area contributed by atoms with E-state index in [9.17, 15) is 4.79 Å². The summed E-state index contributed by atoms with van der Waals surface area (Å²) in [5, 5.41) is 0.999. The van der Waals surface area contributed by atoms with E-state index in [4.69, 9.17) is 5.73 Å². The third kappa shape index (κ3) is 1.71.